The molecule has 154 valence electrons. The first-order valence-electron chi connectivity index (χ1n) is 9.96. The van der Waals surface area contributed by atoms with Crippen LogP contribution >= 0.6 is 11.3 Å². The van der Waals surface area contributed by atoms with Gasteiger partial charge in [-0.15, -0.1) is 11.3 Å². The summed E-state index contributed by atoms with van der Waals surface area (Å²) in [5, 5.41) is 8.75. The summed E-state index contributed by atoms with van der Waals surface area (Å²) in [6, 6.07) is 10.0. The Labute approximate surface area is 178 Å². The van der Waals surface area contributed by atoms with Gasteiger partial charge in [0.2, 0.25) is 0 Å². The Kier molecular flexibility index (Phi) is 5.39. The van der Waals surface area contributed by atoms with Crippen LogP contribution in [0.4, 0.5) is 5.82 Å². The number of rotatable bonds is 6. The summed E-state index contributed by atoms with van der Waals surface area (Å²) >= 11 is 1.72. The van der Waals surface area contributed by atoms with E-state index in [1.807, 2.05) is 48.3 Å². The molecule has 5 rings (SSSR count). The van der Waals surface area contributed by atoms with Crippen LogP contribution in [0.15, 0.2) is 48.2 Å². The van der Waals surface area contributed by atoms with E-state index in [4.69, 9.17) is 9.72 Å². The van der Waals surface area contributed by atoms with E-state index in [1.54, 1.807) is 17.7 Å². The van der Waals surface area contributed by atoms with Crippen LogP contribution in [-0.2, 0) is 17.8 Å². The quantitative estimate of drug-likeness (QED) is 0.474. The van der Waals surface area contributed by atoms with Gasteiger partial charge in [0.1, 0.15) is 17.2 Å². The van der Waals surface area contributed by atoms with Gasteiger partial charge in [-0.1, -0.05) is 18.2 Å². The number of fused-ring (bicyclic) bond motifs is 1. The molecular formula is C21H23N7OS. The van der Waals surface area contributed by atoms with E-state index >= 15 is 0 Å². The normalized spacial score (nSPS) is 15.0. The van der Waals surface area contributed by atoms with Gasteiger partial charge in [0.25, 0.3) is 0 Å². The third-order valence-electron chi connectivity index (χ3n) is 5.17. The highest BCUT2D eigenvalue weighted by Gasteiger charge is 2.16. The van der Waals surface area contributed by atoms with Gasteiger partial charge in [0.15, 0.2) is 5.65 Å². The van der Waals surface area contributed by atoms with Crippen LogP contribution in [0.2, 0.25) is 0 Å². The van der Waals surface area contributed by atoms with Gasteiger partial charge in [-0.2, -0.15) is 5.10 Å². The second-order valence-electron chi connectivity index (χ2n) is 7.30. The number of ether oxygens (including phenoxy) is 1. The van der Waals surface area contributed by atoms with Crippen LogP contribution in [-0.4, -0.2) is 63.0 Å². The van der Waals surface area contributed by atoms with Gasteiger partial charge in [-0.05, 0) is 12.1 Å². The summed E-state index contributed by atoms with van der Waals surface area (Å²) in [5.41, 5.74) is 2.82. The van der Waals surface area contributed by atoms with Crippen molar-refractivity contribution in [3.8, 4) is 5.69 Å². The monoisotopic (exact) mass is 421 g/mol. The molecule has 0 spiro atoms. The highest BCUT2D eigenvalue weighted by Crippen LogP contribution is 2.25. The minimum absolute atomic E-state index is 0.683. The average molecular weight is 422 g/mol. The molecule has 30 heavy (non-hydrogen) atoms. The zero-order chi connectivity index (χ0) is 20.3. The number of nitrogens with zero attached hydrogens (tertiary/aromatic N) is 7. The highest BCUT2D eigenvalue weighted by molar-refractivity contribution is 7.09. The van der Waals surface area contributed by atoms with Crippen molar-refractivity contribution in [3.63, 3.8) is 0 Å². The number of morpholine rings is 1. The standard InChI is InChI=1S/C21H23N7OS/c1-26(12-16-14-30-19(25-16)13-27-7-9-29-10-8-27)20-18-11-24-28(21(18)23-15-22-20)17-5-3-2-4-6-17/h2-6,11,14-15H,7-10,12-13H2,1H3. The fourth-order valence-electron chi connectivity index (χ4n) is 3.66. The average Bonchev–Trinajstić information content (AvgIpc) is 3.41. The minimum Gasteiger partial charge on any atom is -0.379 e. The van der Waals surface area contributed by atoms with E-state index in [-0.39, 0.29) is 0 Å². The van der Waals surface area contributed by atoms with Crippen LogP contribution in [0.25, 0.3) is 16.7 Å². The van der Waals surface area contributed by atoms with E-state index in [1.165, 1.54) is 0 Å². The van der Waals surface area contributed by atoms with Gasteiger partial charge < -0.3 is 9.64 Å². The van der Waals surface area contributed by atoms with Crippen LogP contribution in [0.3, 0.4) is 0 Å². The van der Waals surface area contributed by atoms with E-state index < -0.39 is 0 Å². The summed E-state index contributed by atoms with van der Waals surface area (Å²) in [6.07, 6.45) is 3.43. The Morgan fingerprint density at radius 1 is 1.13 bits per heavy atom. The maximum atomic E-state index is 5.43. The largest absolute Gasteiger partial charge is 0.379 e. The van der Waals surface area contributed by atoms with Gasteiger partial charge in [-0.25, -0.2) is 19.6 Å². The number of thiazole rings is 1. The molecule has 1 aromatic carbocycles. The van der Waals surface area contributed by atoms with Gasteiger partial charge in [0.05, 0.1) is 49.3 Å². The number of anilines is 1. The topological polar surface area (TPSA) is 72.2 Å². The SMILES string of the molecule is CN(Cc1csc(CN2CCOCC2)n1)c1ncnc2c1cnn2-c1ccccc1. The molecule has 1 aliphatic heterocycles. The molecule has 8 nitrogen and oxygen atoms in total. The zero-order valence-electron chi connectivity index (χ0n) is 16.8. The van der Waals surface area contributed by atoms with Crippen molar-refractivity contribution in [2.45, 2.75) is 13.1 Å². The second-order valence-corrected chi connectivity index (χ2v) is 8.25. The Morgan fingerprint density at radius 3 is 2.80 bits per heavy atom. The lowest BCUT2D eigenvalue weighted by Crippen LogP contribution is -2.35. The predicted molar refractivity (Wildman–Crippen MR) is 117 cm³/mol. The van der Waals surface area contributed by atoms with E-state index in [2.05, 4.69) is 30.2 Å². The number of aromatic nitrogens is 5. The first-order chi connectivity index (χ1) is 14.8. The molecule has 0 bridgehead atoms. The first-order valence-corrected chi connectivity index (χ1v) is 10.8. The molecule has 9 heteroatoms. The zero-order valence-corrected chi connectivity index (χ0v) is 17.6. The van der Waals surface area contributed by atoms with Crippen molar-refractivity contribution in [2.24, 2.45) is 0 Å². The number of hydrogen-bond acceptors (Lipinski definition) is 8. The molecular weight excluding hydrogens is 398 g/mol. The van der Waals surface area contributed by atoms with Crippen molar-refractivity contribution in [1.29, 1.82) is 0 Å². The van der Waals surface area contributed by atoms with E-state index in [9.17, 15) is 0 Å². The highest BCUT2D eigenvalue weighted by atomic mass is 32.1. The fourth-order valence-corrected chi connectivity index (χ4v) is 4.48. The Morgan fingerprint density at radius 2 is 1.97 bits per heavy atom. The number of para-hydroxylation sites is 1. The Balaban J connectivity index is 1.34. The predicted octanol–water partition coefficient (Wildman–Crippen LogP) is 2.74. The van der Waals surface area contributed by atoms with E-state index in [0.29, 0.717) is 6.54 Å². The van der Waals surface area contributed by atoms with Crippen molar-refractivity contribution in [3.05, 3.63) is 58.9 Å². The molecule has 0 saturated carbocycles. The van der Waals surface area contributed by atoms with Gasteiger partial charge >= 0.3 is 0 Å². The molecule has 4 heterocycles. The van der Waals surface area contributed by atoms with Crippen molar-refractivity contribution in [2.75, 3.05) is 38.3 Å². The molecule has 0 atom stereocenters. The molecule has 4 aromatic rings. The molecule has 0 aliphatic carbocycles. The number of benzene rings is 1. The van der Waals surface area contributed by atoms with Gasteiger partial charge in [0, 0.05) is 25.5 Å². The van der Waals surface area contributed by atoms with Crippen LogP contribution in [0.1, 0.15) is 10.7 Å². The Hall–Kier alpha value is -2.88. The summed E-state index contributed by atoms with van der Waals surface area (Å²) in [5.74, 6) is 0.852. The van der Waals surface area contributed by atoms with E-state index in [0.717, 1.165) is 66.1 Å². The van der Waals surface area contributed by atoms with Crippen LogP contribution < -0.4 is 4.90 Å². The summed E-state index contributed by atoms with van der Waals surface area (Å²) in [7, 11) is 2.03. The molecule has 1 fully saturated rings. The van der Waals surface area contributed by atoms with Crippen LogP contribution in [0, 0.1) is 0 Å². The smallest absolute Gasteiger partial charge is 0.168 e. The molecule has 3 aromatic heterocycles. The lowest BCUT2D eigenvalue weighted by Gasteiger charge is -2.25. The fraction of sp³-hybridized carbons (Fsp3) is 0.333. The van der Waals surface area contributed by atoms with Crippen molar-refractivity contribution < 1.29 is 4.74 Å². The third kappa shape index (κ3) is 3.91. The maximum absolute atomic E-state index is 5.43. The third-order valence-corrected chi connectivity index (χ3v) is 6.05. The molecule has 0 radical (unpaired) electrons. The molecule has 0 unspecified atom stereocenters. The Bertz CT molecular complexity index is 1120. The summed E-state index contributed by atoms with van der Waals surface area (Å²) in [4.78, 5) is 18.3. The van der Waals surface area contributed by atoms with Crippen LogP contribution in [0.5, 0.6) is 0 Å². The maximum Gasteiger partial charge on any atom is 0.168 e. The summed E-state index contributed by atoms with van der Waals surface area (Å²) < 4.78 is 7.27. The van der Waals surface area contributed by atoms with Crippen molar-refractivity contribution in [1.82, 2.24) is 29.6 Å². The minimum atomic E-state index is 0.683. The lowest BCUT2D eigenvalue weighted by molar-refractivity contribution is 0.0341. The second kappa shape index (κ2) is 8.47. The number of hydrogen-bond donors (Lipinski definition) is 0. The van der Waals surface area contributed by atoms with Crippen molar-refractivity contribution >= 4 is 28.2 Å². The molecule has 1 aliphatic rings. The first kappa shape index (κ1) is 19.1. The molecule has 0 amide bonds. The lowest BCUT2D eigenvalue weighted by atomic mass is 10.3. The molecule has 0 N–H and O–H groups in total. The summed E-state index contributed by atoms with van der Waals surface area (Å²) in [6.45, 7) is 5.13. The molecule has 1 saturated heterocycles. The van der Waals surface area contributed by atoms with Gasteiger partial charge in [-0.3, -0.25) is 4.90 Å².